The minimum absolute atomic E-state index is 0.0161. The Hall–Kier alpha value is -3.75. The normalized spacial score (nSPS) is 17.5. The Kier molecular flexibility index (Phi) is 7.20. The van der Waals surface area contributed by atoms with Crippen molar-refractivity contribution in [2.45, 2.75) is 18.3 Å². The highest BCUT2D eigenvalue weighted by atomic mass is 35.5. The van der Waals surface area contributed by atoms with Crippen LogP contribution in [-0.4, -0.2) is 50.0 Å². The van der Waals surface area contributed by atoms with Gasteiger partial charge in [0.25, 0.3) is 11.8 Å². The van der Waals surface area contributed by atoms with Crippen molar-refractivity contribution in [3.8, 4) is 5.75 Å². The summed E-state index contributed by atoms with van der Waals surface area (Å²) in [7, 11) is -3.45. The number of alkyl halides is 3. The molecule has 41 heavy (non-hydrogen) atoms. The van der Waals surface area contributed by atoms with Gasteiger partial charge in [0.15, 0.2) is 0 Å². The van der Waals surface area contributed by atoms with Crippen molar-refractivity contribution in [2.75, 3.05) is 24.7 Å². The summed E-state index contributed by atoms with van der Waals surface area (Å²) >= 11 is 6.27. The van der Waals surface area contributed by atoms with Crippen LogP contribution in [0.5, 0.6) is 5.75 Å². The van der Waals surface area contributed by atoms with Crippen molar-refractivity contribution < 1.29 is 44.7 Å². The summed E-state index contributed by atoms with van der Waals surface area (Å²) in [4.78, 5) is 26.1. The zero-order chi connectivity index (χ0) is 29.9. The van der Waals surface area contributed by atoms with E-state index >= 15 is 0 Å². The van der Waals surface area contributed by atoms with Crippen LogP contribution < -0.4 is 15.4 Å². The zero-order valence-corrected chi connectivity index (χ0v) is 22.4. The number of hydrogen-bond acceptors (Lipinski definition) is 5. The molecule has 15 heteroatoms. The van der Waals surface area contributed by atoms with Crippen LogP contribution in [0.15, 0.2) is 48.5 Å². The molecular weight excluding hydrogens is 597 g/mol. The third-order valence-corrected chi connectivity index (χ3v) is 8.13. The predicted octanol–water partition coefficient (Wildman–Crippen LogP) is 4.74. The average molecular weight is 616 g/mol. The highest BCUT2D eigenvalue weighted by molar-refractivity contribution is 7.88. The molecule has 3 aromatic rings. The first-order chi connectivity index (χ1) is 19.1. The van der Waals surface area contributed by atoms with E-state index in [4.69, 9.17) is 16.3 Å². The molecule has 2 aliphatic heterocycles. The van der Waals surface area contributed by atoms with Gasteiger partial charge in [-0.1, -0.05) is 11.6 Å². The lowest BCUT2D eigenvalue weighted by Gasteiger charge is -2.37. The summed E-state index contributed by atoms with van der Waals surface area (Å²) in [6.45, 7) is 0.0453. The van der Waals surface area contributed by atoms with Gasteiger partial charge >= 0.3 is 6.18 Å². The quantitative estimate of drug-likeness (QED) is 0.390. The second kappa shape index (κ2) is 10.3. The van der Waals surface area contributed by atoms with E-state index < -0.39 is 62.9 Å². The monoisotopic (exact) mass is 615 g/mol. The molecule has 0 aliphatic carbocycles. The molecule has 1 fully saturated rings. The molecule has 2 amide bonds. The first-order valence-corrected chi connectivity index (χ1v) is 14.1. The third-order valence-electron chi connectivity index (χ3n) is 6.55. The number of benzene rings is 3. The van der Waals surface area contributed by atoms with Gasteiger partial charge in [-0.2, -0.15) is 17.5 Å². The van der Waals surface area contributed by atoms with Crippen LogP contribution >= 0.6 is 11.6 Å². The van der Waals surface area contributed by atoms with Gasteiger partial charge in [-0.25, -0.2) is 17.2 Å². The lowest BCUT2D eigenvalue weighted by molar-refractivity contribution is -0.137. The molecule has 1 saturated heterocycles. The van der Waals surface area contributed by atoms with E-state index in [1.54, 1.807) is 0 Å². The molecule has 2 N–H and O–H groups in total. The molecule has 0 aromatic heterocycles. The predicted molar refractivity (Wildman–Crippen MR) is 137 cm³/mol. The second-order valence-electron chi connectivity index (χ2n) is 9.50. The van der Waals surface area contributed by atoms with Crippen LogP contribution in [0.2, 0.25) is 5.02 Å². The van der Waals surface area contributed by atoms with Gasteiger partial charge < -0.3 is 15.4 Å². The Bertz CT molecular complexity index is 1690. The number of nitrogens with one attached hydrogen (secondary N) is 2. The van der Waals surface area contributed by atoms with E-state index in [1.807, 2.05) is 0 Å². The molecule has 0 bridgehead atoms. The molecule has 1 unspecified atom stereocenters. The van der Waals surface area contributed by atoms with E-state index in [-0.39, 0.29) is 52.3 Å². The van der Waals surface area contributed by atoms with Crippen LogP contribution in [0.1, 0.15) is 43.4 Å². The largest absolute Gasteiger partial charge is 0.488 e. The summed E-state index contributed by atoms with van der Waals surface area (Å²) in [5.74, 6) is -3.72. The number of carbonyl (C=O) groups is 2. The van der Waals surface area contributed by atoms with Crippen molar-refractivity contribution in [2.24, 2.45) is 0 Å². The van der Waals surface area contributed by atoms with E-state index in [0.717, 1.165) is 22.7 Å². The van der Waals surface area contributed by atoms with Gasteiger partial charge in [0.1, 0.15) is 23.5 Å². The fraction of sp³-hybridized carbons (Fsp3) is 0.231. The van der Waals surface area contributed by atoms with Crippen LogP contribution in [0, 0.1) is 11.6 Å². The number of rotatable bonds is 6. The summed E-state index contributed by atoms with van der Waals surface area (Å²) in [6, 6.07) is 6.31. The van der Waals surface area contributed by atoms with Crippen molar-refractivity contribution in [1.29, 1.82) is 0 Å². The summed E-state index contributed by atoms with van der Waals surface area (Å²) < 4.78 is 98.2. The Morgan fingerprint density at radius 2 is 1.78 bits per heavy atom. The number of anilines is 1. The van der Waals surface area contributed by atoms with Crippen LogP contribution in [0.4, 0.5) is 27.6 Å². The molecule has 0 saturated carbocycles. The van der Waals surface area contributed by atoms with Crippen molar-refractivity contribution in [3.63, 3.8) is 0 Å². The summed E-state index contributed by atoms with van der Waals surface area (Å²) in [5, 5.41) is 5.13. The molecule has 3 aromatic carbocycles. The second-order valence-corrected chi connectivity index (χ2v) is 11.9. The maximum atomic E-state index is 14.1. The number of nitrogens with zero attached hydrogens (tertiary/aromatic N) is 1. The molecule has 2 aliphatic rings. The average Bonchev–Trinajstić information content (AvgIpc) is 3.17. The molecule has 5 rings (SSSR count). The highest BCUT2D eigenvalue weighted by Crippen LogP contribution is 2.42. The number of ether oxygens (including phenoxy) is 1. The topological polar surface area (TPSA) is 105 Å². The lowest BCUT2D eigenvalue weighted by atomic mass is 9.95. The standard InChI is InChI=1S/C26H19ClF5N3O5S/c1-41(38,39)35-10-17(11-35)40-16-8-19-22(23(34-25(19)37)18-7-14(28)2-3-20(18)27)21(9-16)33-24(36)12-4-13(26(30,31)32)6-15(29)5-12/h2-9,17,23H,10-11H2,1H3,(H,33,36)(H,34,37). The Morgan fingerprint density at radius 1 is 1.07 bits per heavy atom. The molecule has 216 valence electrons. The molecule has 2 heterocycles. The number of halogens is 6. The van der Waals surface area contributed by atoms with Gasteiger partial charge in [-0.05, 0) is 42.5 Å². The zero-order valence-electron chi connectivity index (χ0n) is 20.9. The van der Waals surface area contributed by atoms with Crippen molar-refractivity contribution in [1.82, 2.24) is 9.62 Å². The Balaban J connectivity index is 1.55. The molecule has 8 nitrogen and oxygen atoms in total. The lowest BCUT2D eigenvalue weighted by Crippen LogP contribution is -2.55. The fourth-order valence-electron chi connectivity index (χ4n) is 4.56. The fourth-order valence-corrected chi connectivity index (χ4v) is 5.67. The number of carbonyl (C=O) groups excluding carboxylic acids is 2. The summed E-state index contributed by atoms with van der Waals surface area (Å²) in [6.07, 6.45) is -4.49. The van der Waals surface area contributed by atoms with Gasteiger partial charge in [-0.3, -0.25) is 9.59 Å². The minimum Gasteiger partial charge on any atom is -0.488 e. The van der Waals surface area contributed by atoms with E-state index in [1.165, 1.54) is 18.2 Å². The van der Waals surface area contributed by atoms with Crippen LogP contribution in [0.3, 0.4) is 0 Å². The summed E-state index contributed by atoms with van der Waals surface area (Å²) in [5.41, 5.74) is -1.91. The van der Waals surface area contributed by atoms with Crippen molar-refractivity contribution >= 4 is 39.1 Å². The molecular formula is C26H19ClF5N3O5S. The van der Waals surface area contributed by atoms with Crippen LogP contribution in [0.25, 0.3) is 0 Å². The van der Waals surface area contributed by atoms with E-state index in [2.05, 4.69) is 10.6 Å². The number of hydrogen-bond donors (Lipinski definition) is 2. The molecule has 0 radical (unpaired) electrons. The smallest absolute Gasteiger partial charge is 0.416 e. The van der Waals surface area contributed by atoms with Gasteiger partial charge in [0.05, 0.1) is 42.2 Å². The van der Waals surface area contributed by atoms with Gasteiger partial charge in [0.2, 0.25) is 10.0 Å². The molecule has 1 atom stereocenters. The maximum absolute atomic E-state index is 14.1. The number of fused-ring (bicyclic) bond motifs is 1. The minimum atomic E-state index is -4.93. The van der Waals surface area contributed by atoms with Crippen LogP contribution in [-0.2, 0) is 16.2 Å². The number of sulfonamides is 1. The van der Waals surface area contributed by atoms with E-state index in [9.17, 15) is 40.0 Å². The third kappa shape index (κ3) is 5.85. The first kappa shape index (κ1) is 28.8. The first-order valence-electron chi connectivity index (χ1n) is 11.8. The van der Waals surface area contributed by atoms with E-state index in [0.29, 0.717) is 12.1 Å². The Labute approximate surface area is 235 Å². The van der Waals surface area contributed by atoms with Gasteiger partial charge in [-0.15, -0.1) is 0 Å². The number of amides is 2. The Morgan fingerprint density at radius 3 is 2.44 bits per heavy atom. The SMILES string of the molecule is CS(=O)(=O)N1CC(Oc2cc(NC(=O)c3cc(F)cc(C(F)(F)F)c3)c3c(c2)C(=O)NC3c2cc(F)ccc2Cl)C1. The van der Waals surface area contributed by atoms with Crippen molar-refractivity contribution in [3.05, 3.63) is 93.0 Å². The highest BCUT2D eigenvalue weighted by Gasteiger charge is 2.38. The maximum Gasteiger partial charge on any atom is 0.416 e. The molecule has 0 spiro atoms. The van der Waals surface area contributed by atoms with Gasteiger partial charge in [0, 0.05) is 27.8 Å².